The molecule has 0 bridgehead atoms. The van der Waals surface area contributed by atoms with E-state index < -0.39 is 0 Å². The highest BCUT2D eigenvalue weighted by molar-refractivity contribution is 7.15. The van der Waals surface area contributed by atoms with Gasteiger partial charge in [-0.3, -0.25) is 14.9 Å². The Morgan fingerprint density at radius 1 is 1.38 bits per heavy atom. The molecular weight excluding hydrogens is 324 g/mol. The lowest BCUT2D eigenvalue weighted by atomic mass is 9.73. The van der Waals surface area contributed by atoms with Crippen molar-refractivity contribution < 1.29 is 4.79 Å². The summed E-state index contributed by atoms with van der Waals surface area (Å²) in [5.74, 6) is 0.295. The van der Waals surface area contributed by atoms with Gasteiger partial charge in [0.2, 0.25) is 0 Å². The van der Waals surface area contributed by atoms with Crippen LogP contribution in [0.4, 0.5) is 5.13 Å². The fourth-order valence-corrected chi connectivity index (χ4v) is 4.04. The van der Waals surface area contributed by atoms with Crippen LogP contribution in [-0.4, -0.2) is 20.7 Å². The quantitative estimate of drug-likeness (QED) is 0.907. The Morgan fingerprint density at radius 3 is 2.79 bits per heavy atom. The first kappa shape index (κ1) is 16.8. The van der Waals surface area contributed by atoms with Crippen LogP contribution in [0.15, 0.2) is 16.9 Å². The van der Waals surface area contributed by atoms with Crippen LogP contribution < -0.4 is 10.9 Å². The van der Waals surface area contributed by atoms with Gasteiger partial charge in [-0.1, -0.05) is 20.8 Å². The van der Waals surface area contributed by atoms with Crippen molar-refractivity contribution in [2.24, 2.45) is 18.4 Å². The molecule has 7 heteroatoms. The van der Waals surface area contributed by atoms with Crippen LogP contribution in [-0.2, 0) is 19.9 Å². The second-order valence-electron chi connectivity index (χ2n) is 7.33. The number of fused-ring (bicyclic) bond motifs is 1. The maximum absolute atomic E-state index is 12.3. The number of rotatable bonds is 2. The Bertz CT molecular complexity index is 832. The number of hydrogen-bond acceptors (Lipinski definition) is 5. The van der Waals surface area contributed by atoms with Crippen LogP contribution >= 0.6 is 11.3 Å². The minimum atomic E-state index is -0.343. The Balaban J connectivity index is 1.75. The SMILES string of the molecule is Cn1nc(C(=O)Nc2nc3c(s2)C[C@H](C(C)(C)C)CC3)ccc1=O. The molecule has 1 amide bonds. The molecular formula is C17H22N4O2S. The van der Waals surface area contributed by atoms with E-state index in [0.29, 0.717) is 11.0 Å². The van der Waals surface area contributed by atoms with Gasteiger partial charge in [-0.05, 0) is 36.7 Å². The molecule has 1 atom stereocenters. The molecule has 24 heavy (non-hydrogen) atoms. The molecule has 2 aromatic heterocycles. The molecule has 0 saturated carbocycles. The topological polar surface area (TPSA) is 76.9 Å². The third-order valence-corrected chi connectivity index (χ3v) is 5.61. The van der Waals surface area contributed by atoms with Crippen LogP contribution in [0, 0.1) is 11.3 Å². The fraction of sp³-hybridized carbons (Fsp3) is 0.529. The molecule has 0 fully saturated rings. The van der Waals surface area contributed by atoms with Gasteiger partial charge in [0.15, 0.2) is 5.13 Å². The Kier molecular flexibility index (Phi) is 4.29. The maximum Gasteiger partial charge on any atom is 0.277 e. The highest BCUT2D eigenvalue weighted by atomic mass is 32.1. The van der Waals surface area contributed by atoms with Crippen LogP contribution in [0.1, 0.15) is 48.3 Å². The number of aromatic nitrogens is 3. The Hall–Kier alpha value is -2.02. The van der Waals surface area contributed by atoms with Crippen LogP contribution in [0.2, 0.25) is 0 Å². The smallest absolute Gasteiger partial charge is 0.277 e. The van der Waals surface area contributed by atoms with Crippen LogP contribution in [0.25, 0.3) is 0 Å². The average molecular weight is 346 g/mol. The standard InChI is InChI=1S/C17H22N4O2S/c1-17(2,3)10-5-6-11-13(9-10)24-16(18-11)19-15(23)12-7-8-14(22)21(4)20-12/h7-8,10H,5-6,9H2,1-4H3,(H,18,19,23)/t10-/m1/s1. The number of amides is 1. The Labute approximate surface area is 144 Å². The molecule has 0 aromatic carbocycles. The minimum Gasteiger partial charge on any atom is -0.296 e. The minimum absolute atomic E-state index is 0.206. The fourth-order valence-electron chi connectivity index (χ4n) is 2.95. The lowest BCUT2D eigenvalue weighted by Crippen LogP contribution is -2.26. The molecule has 0 radical (unpaired) electrons. The summed E-state index contributed by atoms with van der Waals surface area (Å²) >= 11 is 1.55. The summed E-state index contributed by atoms with van der Waals surface area (Å²) in [5.41, 5.74) is 1.34. The monoisotopic (exact) mass is 346 g/mol. The lowest BCUT2D eigenvalue weighted by Gasteiger charge is -2.33. The normalized spacial score (nSPS) is 17.4. The number of anilines is 1. The summed E-state index contributed by atoms with van der Waals surface area (Å²) in [6, 6.07) is 2.77. The molecule has 0 spiro atoms. The van der Waals surface area contributed by atoms with Crippen molar-refractivity contribution in [2.45, 2.75) is 40.0 Å². The third kappa shape index (κ3) is 3.40. The average Bonchev–Trinajstić information content (AvgIpc) is 2.90. The number of nitrogens with one attached hydrogen (secondary N) is 1. The Morgan fingerprint density at radius 2 is 2.12 bits per heavy atom. The molecule has 6 nitrogen and oxygen atoms in total. The van der Waals surface area contributed by atoms with Crippen LogP contribution in [0.3, 0.4) is 0 Å². The predicted octanol–water partition coefficient (Wildman–Crippen LogP) is 2.64. The highest BCUT2D eigenvalue weighted by Crippen LogP contribution is 2.40. The van der Waals surface area contributed by atoms with Crippen molar-refractivity contribution >= 4 is 22.4 Å². The van der Waals surface area contributed by atoms with Gasteiger partial charge in [0.25, 0.3) is 11.5 Å². The summed E-state index contributed by atoms with van der Waals surface area (Å²) in [7, 11) is 1.52. The molecule has 1 aliphatic carbocycles. The first-order chi connectivity index (χ1) is 11.2. The second kappa shape index (κ2) is 6.12. The maximum atomic E-state index is 12.3. The van der Waals surface area contributed by atoms with E-state index in [1.54, 1.807) is 11.3 Å². The number of carbonyl (C=O) groups excluding carboxylic acids is 1. The van der Waals surface area contributed by atoms with E-state index in [9.17, 15) is 9.59 Å². The summed E-state index contributed by atoms with van der Waals surface area (Å²) in [6.07, 6.45) is 3.11. The van der Waals surface area contributed by atoms with Gasteiger partial charge in [-0.2, -0.15) is 5.10 Å². The van der Waals surface area contributed by atoms with Crippen molar-refractivity contribution in [3.05, 3.63) is 38.8 Å². The van der Waals surface area contributed by atoms with Crippen molar-refractivity contribution in [2.75, 3.05) is 5.32 Å². The first-order valence-electron chi connectivity index (χ1n) is 8.08. The molecule has 1 aliphatic rings. The van der Waals surface area contributed by atoms with Gasteiger partial charge in [0, 0.05) is 18.0 Å². The summed E-state index contributed by atoms with van der Waals surface area (Å²) < 4.78 is 1.15. The van der Waals surface area contributed by atoms with Crippen LogP contribution in [0.5, 0.6) is 0 Å². The van der Waals surface area contributed by atoms with Gasteiger partial charge in [-0.25, -0.2) is 9.67 Å². The largest absolute Gasteiger partial charge is 0.296 e. The van der Waals surface area contributed by atoms with Gasteiger partial charge in [0.1, 0.15) is 5.69 Å². The zero-order valence-corrected chi connectivity index (χ0v) is 15.2. The summed E-state index contributed by atoms with van der Waals surface area (Å²) in [5, 5.41) is 7.38. The first-order valence-corrected chi connectivity index (χ1v) is 8.90. The number of hydrogen-bond donors (Lipinski definition) is 1. The van der Waals surface area contributed by atoms with Gasteiger partial charge >= 0.3 is 0 Å². The molecule has 2 aromatic rings. The van der Waals surface area contributed by atoms with Gasteiger partial charge < -0.3 is 0 Å². The molecule has 1 N–H and O–H groups in total. The van der Waals surface area contributed by atoms with Gasteiger partial charge in [0.05, 0.1) is 5.69 Å². The summed E-state index contributed by atoms with van der Waals surface area (Å²) in [6.45, 7) is 6.83. The number of thiazole rings is 1. The molecule has 0 saturated heterocycles. The highest BCUT2D eigenvalue weighted by Gasteiger charge is 2.30. The molecule has 0 unspecified atom stereocenters. The molecule has 2 heterocycles. The van der Waals surface area contributed by atoms with E-state index in [-0.39, 0.29) is 22.6 Å². The van der Waals surface area contributed by atoms with Gasteiger partial charge in [-0.15, -0.1) is 11.3 Å². The zero-order valence-electron chi connectivity index (χ0n) is 14.4. The zero-order chi connectivity index (χ0) is 17.5. The number of nitrogens with zero attached hydrogens (tertiary/aromatic N) is 3. The summed E-state index contributed by atoms with van der Waals surface area (Å²) in [4.78, 5) is 29.5. The van der Waals surface area contributed by atoms with E-state index in [1.165, 1.54) is 24.1 Å². The molecule has 128 valence electrons. The number of aryl methyl sites for hydroxylation is 2. The molecule has 3 rings (SSSR count). The van der Waals surface area contributed by atoms with E-state index in [0.717, 1.165) is 29.6 Å². The van der Waals surface area contributed by atoms with E-state index in [2.05, 4.69) is 36.2 Å². The van der Waals surface area contributed by atoms with Crippen molar-refractivity contribution in [1.29, 1.82) is 0 Å². The second-order valence-corrected chi connectivity index (χ2v) is 8.41. The van der Waals surface area contributed by atoms with E-state index in [1.807, 2.05) is 0 Å². The lowest BCUT2D eigenvalue weighted by molar-refractivity contribution is 0.102. The van der Waals surface area contributed by atoms with E-state index in [4.69, 9.17) is 0 Å². The third-order valence-electron chi connectivity index (χ3n) is 4.58. The molecule has 0 aliphatic heterocycles. The van der Waals surface area contributed by atoms with Crippen molar-refractivity contribution in [3.63, 3.8) is 0 Å². The predicted molar refractivity (Wildman–Crippen MR) is 94.5 cm³/mol. The number of carbonyl (C=O) groups is 1. The van der Waals surface area contributed by atoms with Crippen molar-refractivity contribution in [3.8, 4) is 0 Å². The van der Waals surface area contributed by atoms with Crippen molar-refractivity contribution in [1.82, 2.24) is 14.8 Å². The van der Waals surface area contributed by atoms with E-state index >= 15 is 0 Å².